The van der Waals surface area contributed by atoms with E-state index in [1.165, 1.54) is 32.1 Å². The van der Waals surface area contributed by atoms with E-state index in [1.54, 1.807) is 0 Å². The number of ether oxygens (including phenoxy) is 3. The Labute approximate surface area is 229 Å². The second kappa shape index (κ2) is 17.1. The highest BCUT2D eigenvalue weighted by molar-refractivity contribution is 5.74. The number of hydrogen-bond donors (Lipinski definition) is 0. The highest BCUT2D eigenvalue weighted by atomic mass is 19.1. The summed E-state index contributed by atoms with van der Waals surface area (Å²) in [5, 5.41) is 0. The fraction of sp³-hybridized carbons (Fsp3) is 0.606. The van der Waals surface area contributed by atoms with Gasteiger partial charge < -0.3 is 14.2 Å². The van der Waals surface area contributed by atoms with Crippen molar-refractivity contribution in [3.8, 4) is 22.6 Å². The molecule has 0 amide bonds. The number of hydrogen-bond acceptors (Lipinski definition) is 4. The molecule has 0 saturated heterocycles. The molecule has 0 N–H and O–H groups in total. The van der Waals surface area contributed by atoms with E-state index in [4.69, 9.17) is 14.2 Å². The van der Waals surface area contributed by atoms with Crippen LogP contribution in [0.15, 0.2) is 48.5 Å². The lowest BCUT2D eigenvalue weighted by Gasteiger charge is -2.28. The highest BCUT2D eigenvalue weighted by Gasteiger charge is 2.27. The minimum Gasteiger partial charge on any atom is -0.494 e. The minimum atomic E-state index is -1.49. The van der Waals surface area contributed by atoms with E-state index in [0.717, 1.165) is 67.8 Å². The number of carbonyl (C=O) groups excluding carboxylic acids is 1. The van der Waals surface area contributed by atoms with Gasteiger partial charge in [0.2, 0.25) is 0 Å². The van der Waals surface area contributed by atoms with Gasteiger partial charge in [0.1, 0.15) is 17.6 Å². The quantitative estimate of drug-likeness (QED) is 0.152. The van der Waals surface area contributed by atoms with Crippen molar-refractivity contribution in [2.45, 2.75) is 110 Å². The third kappa shape index (κ3) is 10.7. The van der Waals surface area contributed by atoms with Gasteiger partial charge >= 0.3 is 5.97 Å². The number of unbranched alkanes of at least 4 members (excludes halogenated alkanes) is 6. The maximum Gasteiger partial charge on any atom is 0.340 e. The molecule has 2 aromatic rings. The van der Waals surface area contributed by atoms with Crippen LogP contribution in [0.2, 0.25) is 0 Å². The summed E-state index contributed by atoms with van der Waals surface area (Å²) in [6.07, 6.45) is 11.2. The van der Waals surface area contributed by atoms with Crippen molar-refractivity contribution < 1.29 is 23.4 Å². The molecule has 3 rings (SSSR count). The van der Waals surface area contributed by atoms with E-state index in [1.807, 2.05) is 31.2 Å². The Morgan fingerprint density at radius 1 is 0.763 bits per heavy atom. The van der Waals surface area contributed by atoms with Gasteiger partial charge in [-0.3, -0.25) is 0 Å². The molecule has 38 heavy (non-hydrogen) atoms. The molecule has 1 fully saturated rings. The Bertz CT molecular complexity index is 904. The first kappa shape index (κ1) is 30.0. The maximum atomic E-state index is 13.9. The largest absolute Gasteiger partial charge is 0.494 e. The lowest BCUT2D eigenvalue weighted by molar-refractivity contribution is -0.157. The summed E-state index contributed by atoms with van der Waals surface area (Å²) in [7, 11) is 0. The predicted octanol–water partition coefficient (Wildman–Crippen LogP) is 9.10. The van der Waals surface area contributed by atoms with Crippen LogP contribution in [0, 0.1) is 5.92 Å². The molecule has 1 atom stereocenters. The molecule has 0 unspecified atom stereocenters. The Kier molecular flexibility index (Phi) is 13.5. The van der Waals surface area contributed by atoms with Crippen LogP contribution in [0.1, 0.15) is 97.3 Å². The van der Waals surface area contributed by atoms with E-state index in [2.05, 4.69) is 31.2 Å². The molecule has 0 aromatic heterocycles. The van der Waals surface area contributed by atoms with Gasteiger partial charge in [-0.1, -0.05) is 83.1 Å². The third-order valence-electron chi connectivity index (χ3n) is 7.44. The van der Waals surface area contributed by atoms with Crippen LogP contribution in [0.4, 0.5) is 4.39 Å². The number of benzene rings is 2. The summed E-state index contributed by atoms with van der Waals surface area (Å²) >= 11 is 0. The van der Waals surface area contributed by atoms with Crippen LogP contribution in [-0.2, 0) is 9.53 Å². The van der Waals surface area contributed by atoms with Crippen LogP contribution in [0.5, 0.6) is 11.5 Å². The zero-order chi connectivity index (χ0) is 27.0. The van der Waals surface area contributed by atoms with Crippen LogP contribution < -0.4 is 9.47 Å². The summed E-state index contributed by atoms with van der Waals surface area (Å²) < 4.78 is 31.2. The molecule has 4 nitrogen and oxygen atoms in total. The summed E-state index contributed by atoms with van der Waals surface area (Å²) in [5.41, 5.74) is 2.30. The predicted molar refractivity (Wildman–Crippen MR) is 153 cm³/mol. The summed E-state index contributed by atoms with van der Waals surface area (Å²) in [6, 6.07) is 16.5. The van der Waals surface area contributed by atoms with E-state index in [0.29, 0.717) is 18.9 Å². The molecule has 1 aliphatic carbocycles. The average Bonchev–Trinajstić information content (AvgIpc) is 2.95. The van der Waals surface area contributed by atoms with Gasteiger partial charge in [-0.05, 0) is 79.8 Å². The van der Waals surface area contributed by atoms with Crippen molar-refractivity contribution in [3.63, 3.8) is 0 Å². The average molecular weight is 527 g/mol. The fourth-order valence-corrected chi connectivity index (χ4v) is 4.93. The van der Waals surface area contributed by atoms with Crippen LogP contribution in [0.25, 0.3) is 11.1 Å². The zero-order valence-corrected chi connectivity index (χ0v) is 23.5. The fourth-order valence-electron chi connectivity index (χ4n) is 4.93. The summed E-state index contributed by atoms with van der Waals surface area (Å²) in [4.78, 5) is 11.9. The molecule has 0 spiro atoms. The van der Waals surface area contributed by atoms with Crippen molar-refractivity contribution in [2.24, 2.45) is 5.92 Å². The van der Waals surface area contributed by atoms with Crippen molar-refractivity contribution in [1.82, 2.24) is 0 Å². The van der Waals surface area contributed by atoms with Crippen molar-refractivity contribution in [3.05, 3.63) is 48.5 Å². The lowest BCUT2D eigenvalue weighted by Crippen LogP contribution is -2.30. The molecule has 0 heterocycles. The van der Waals surface area contributed by atoms with E-state index in [9.17, 15) is 9.18 Å². The van der Waals surface area contributed by atoms with Gasteiger partial charge in [0.25, 0.3) is 0 Å². The van der Waals surface area contributed by atoms with Gasteiger partial charge in [-0.25, -0.2) is 9.18 Å². The number of halogens is 1. The Balaban J connectivity index is 1.33. The first-order chi connectivity index (χ1) is 18.6. The topological polar surface area (TPSA) is 44.8 Å². The second-order valence-electron chi connectivity index (χ2n) is 10.7. The van der Waals surface area contributed by atoms with Gasteiger partial charge in [-0.2, -0.15) is 0 Å². The normalized spacial score (nSPS) is 18.1. The third-order valence-corrected chi connectivity index (χ3v) is 7.44. The molecule has 0 aliphatic heterocycles. The first-order valence-electron chi connectivity index (χ1n) is 14.9. The number of carbonyl (C=O) groups is 1. The standard InChI is InChI=1S/C33H47FO4/c1-3-5-7-8-9-10-24-36-29-20-14-27(15-21-29)28-16-22-30(23-17-28)37-25-26-12-18-31(19-13-26)38-33(35)32(34)11-6-4-2/h14-17,20-23,26,31-32H,3-13,18-19,24-25H2,1-2H3/t26-,31-,32-/m0/s1. The molecule has 210 valence electrons. The van der Waals surface area contributed by atoms with Crippen molar-refractivity contribution in [2.75, 3.05) is 13.2 Å². The highest BCUT2D eigenvalue weighted by Crippen LogP contribution is 2.29. The molecule has 1 aliphatic rings. The van der Waals surface area contributed by atoms with E-state index < -0.39 is 12.1 Å². The zero-order valence-electron chi connectivity index (χ0n) is 23.5. The molecular formula is C33H47FO4. The monoisotopic (exact) mass is 526 g/mol. The molecule has 2 aromatic carbocycles. The Morgan fingerprint density at radius 3 is 1.92 bits per heavy atom. The second-order valence-corrected chi connectivity index (χ2v) is 10.7. The molecular weight excluding hydrogens is 479 g/mol. The van der Waals surface area contributed by atoms with Crippen LogP contribution in [-0.4, -0.2) is 31.5 Å². The van der Waals surface area contributed by atoms with Gasteiger partial charge in [0.15, 0.2) is 6.17 Å². The molecule has 0 bridgehead atoms. The smallest absolute Gasteiger partial charge is 0.340 e. The van der Waals surface area contributed by atoms with Gasteiger partial charge in [0.05, 0.1) is 13.2 Å². The van der Waals surface area contributed by atoms with Crippen LogP contribution in [0.3, 0.4) is 0 Å². The Hall–Kier alpha value is -2.56. The van der Waals surface area contributed by atoms with E-state index >= 15 is 0 Å². The van der Waals surface area contributed by atoms with Gasteiger partial charge in [0, 0.05) is 0 Å². The molecule has 1 saturated carbocycles. The summed E-state index contributed by atoms with van der Waals surface area (Å²) in [5.74, 6) is 1.52. The maximum absolute atomic E-state index is 13.9. The number of rotatable bonds is 17. The van der Waals surface area contributed by atoms with Crippen LogP contribution >= 0.6 is 0 Å². The Morgan fingerprint density at radius 2 is 1.32 bits per heavy atom. The molecule has 0 radical (unpaired) electrons. The molecule has 5 heteroatoms. The van der Waals surface area contributed by atoms with Crippen molar-refractivity contribution >= 4 is 5.97 Å². The number of alkyl halides is 1. The minimum absolute atomic E-state index is 0.162. The van der Waals surface area contributed by atoms with Crippen molar-refractivity contribution in [1.29, 1.82) is 0 Å². The summed E-state index contributed by atoms with van der Waals surface area (Å²) in [6.45, 7) is 5.66. The SMILES string of the molecule is CCCCCCCCOc1ccc(-c2ccc(OC[C@H]3CC[C@H](OC(=O)[C@@H](F)CCCC)CC3)cc2)cc1. The number of esters is 1. The van der Waals surface area contributed by atoms with Gasteiger partial charge in [-0.15, -0.1) is 0 Å². The lowest BCUT2D eigenvalue weighted by atomic mass is 9.88. The first-order valence-corrected chi connectivity index (χ1v) is 14.9. The van der Waals surface area contributed by atoms with E-state index in [-0.39, 0.29) is 12.5 Å².